The molecule has 1 aromatic heterocycles. The quantitative estimate of drug-likeness (QED) is 0.713. The molecule has 2 aliphatic rings. The highest BCUT2D eigenvalue weighted by molar-refractivity contribution is 5.43. The summed E-state index contributed by atoms with van der Waals surface area (Å²) in [7, 11) is 3.35. The van der Waals surface area contributed by atoms with Gasteiger partial charge in [0.2, 0.25) is 0 Å². The number of hydrogen-bond acceptors (Lipinski definition) is 5. The monoisotopic (exact) mass is 354 g/mol. The van der Waals surface area contributed by atoms with Gasteiger partial charge in [0.1, 0.15) is 6.61 Å². The zero-order valence-electron chi connectivity index (χ0n) is 15.5. The molecule has 26 heavy (non-hydrogen) atoms. The van der Waals surface area contributed by atoms with Gasteiger partial charge in [-0.3, -0.25) is 9.88 Å². The van der Waals surface area contributed by atoms with Crippen molar-refractivity contribution >= 4 is 0 Å². The Hall–Kier alpha value is -2.11. The van der Waals surface area contributed by atoms with Crippen LogP contribution in [0.5, 0.6) is 11.5 Å². The molecule has 0 saturated carbocycles. The van der Waals surface area contributed by atoms with Crippen molar-refractivity contribution in [3.63, 3.8) is 0 Å². The Morgan fingerprint density at radius 2 is 2.04 bits per heavy atom. The molecule has 2 bridgehead atoms. The van der Waals surface area contributed by atoms with Gasteiger partial charge in [0.05, 0.1) is 13.7 Å². The van der Waals surface area contributed by atoms with E-state index < -0.39 is 0 Å². The van der Waals surface area contributed by atoms with Gasteiger partial charge in [0.25, 0.3) is 0 Å². The smallest absolute Gasteiger partial charge is 0.161 e. The molecule has 2 aliphatic heterocycles. The topological polar surface area (TPSA) is 43.8 Å². The lowest BCUT2D eigenvalue weighted by Crippen LogP contribution is -2.37. The fourth-order valence-corrected chi connectivity index (χ4v) is 4.25. The van der Waals surface area contributed by atoms with E-state index in [1.54, 1.807) is 14.2 Å². The maximum atomic E-state index is 5.85. The van der Waals surface area contributed by atoms with Crippen LogP contribution in [-0.2, 0) is 17.7 Å². The summed E-state index contributed by atoms with van der Waals surface area (Å²) < 4.78 is 16.4. The lowest BCUT2D eigenvalue weighted by atomic mass is 9.97. The van der Waals surface area contributed by atoms with Crippen LogP contribution in [0.25, 0.3) is 0 Å². The van der Waals surface area contributed by atoms with Gasteiger partial charge in [-0.25, -0.2) is 0 Å². The van der Waals surface area contributed by atoms with Crippen LogP contribution >= 0.6 is 0 Å². The maximum absolute atomic E-state index is 5.85. The first-order valence-corrected chi connectivity index (χ1v) is 9.28. The summed E-state index contributed by atoms with van der Waals surface area (Å²) in [4.78, 5) is 7.23. The third kappa shape index (κ3) is 3.29. The van der Waals surface area contributed by atoms with Crippen LogP contribution in [0.4, 0.5) is 0 Å². The van der Waals surface area contributed by atoms with Crippen LogP contribution in [0.3, 0.4) is 0 Å². The molecular formula is C21H26N2O3. The fraction of sp³-hybridized carbons (Fsp3) is 0.476. The summed E-state index contributed by atoms with van der Waals surface area (Å²) in [5.74, 6) is 1.55. The third-order valence-electron chi connectivity index (χ3n) is 5.49. The SMILES string of the molecule is COCCOc1cc(CN2[C@H]3CC[C@H]2c2cccnc2C3)ccc1OC. The number of hydrogen-bond donors (Lipinski definition) is 0. The molecule has 2 aromatic rings. The van der Waals surface area contributed by atoms with E-state index in [4.69, 9.17) is 14.2 Å². The molecule has 3 heterocycles. The molecule has 138 valence electrons. The Bertz CT molecular complexity index is 765. The highest BCUT2D eigenvalue weighted by Gasteiger charge is 2.40. The van der Waals surface area contributed by atoms with Crippen LogP contribution in [0.1, 0.15) is 35.7 Å². The Morgan fingerprint density at radius 1 is 1.12 bits per heavy atom. The minimum Gasteiger partial charge on any atom is -0.493 e. The van der Waals surface area contributed by atoms with Crippen molar-refractivity contribution < 1.29 is 14.2 Å². The molecule has 0 spiro atoms. The summed E-state index contributed by atoms with van der Waals surface area (Å²) >= 11 is 0. The van der Waals surface area contributed by atoms with Crippen molar-refractivity contribution in [2.75, 3.05) is 27.4 Å². The molecule has 4 rings (SSSR count). The first-order chi connectivity index (χ1) is 12.8. The minimum absolute atomic E-state index is 0.484. The van der Waals surface area contributed by atoms with E-state index in [2.05, 4.69) is 34.1 Å². The fourth-order valence-electron chi connectivity index (χ4n) is 4.25. The third-order valence-corrected chi connectivity index (χ3v) is 5.49. The first kappa shape index (κ1) is 17.3. The van der Waals surface area contributed by atoms with Crippen molar-refractivity contribution in [3.05, 3.63) is 53.3 Å². The molecule has 0 aliphatic carbocycles. The van der Waals surface area contributed by atoms with E-state index in [1.165, 1.54) is 29.7 Å². The molecule has 0 N–H and O–H groups in total. The van der Waals surface area contributed by atoms with Gasteiger partial charge in [-0.1, -0.05) is 12.1 Å². The Kier molecular flexibility index (Phi) is 5.09. The lowest BCUT2D eigenvalue weighted by molar-refractivity contribution is 0.143. The molecule has 0 unspecified atom stereocenters. The molecule has 2 atom stereocenters. The number of methoxy groups -OCH3 is 2. The van der Waals surface area contributed by atoms with Gasteiger partial charge < -0.3 is 14.2 Å². The van der Waals surface area contributed by atoms with Gasteiger partial charge >= 0.3 is 0 Å². The maximum Gasteiger partial charge on any atom is 0.161 e. The number of ether oxygens (including phenoxy) is 3. The van der Waals surface area contributed by atoms with Crippen LogP contribution in [-0.4, -0.2) is 43.4 Å². The van der Waals surface area contributed by atoms with E-state index >= 15 is 0 Å². The average Bonchev–Trinajstić information content (AvgIpc) is 2.94. The zero-order chi connectivity index (χ0) is 17.9. The highest BCUT2D eigenvalue weighted by Crippen LogP contribution is 2.44. The van der Waals surface area contributed by atoms with E-state index in [1.807, 2.05) is 12.3 Å². The second-order valence-corrected chi connectivity index (χ2v) is 6.99. The zero-order valence-corrected chi connectivity index (χ0v) is 15.5. The average molecular weight is 354 g/mol. The summed E-state index contributed by atoms with van der Waals surface area (Å²) in [6, 6.07) is 11.6. The second-order valence-electron chi connectivity index (χ2n) is 6.99. The van der Waals surface area contributed by atoms with Crippen molar-refractivity contribution in [3.8, 4) is 11.5 Å². The second kappa shape index (κ2) is 7.64. The number of nitrogens with zero attached hydrogens (tertiary/aromatic N) is 2. The molecule has 1 saturated heterocycles. The Labute approximate surface area is 154 Å². The molecule has 5 nitrogen and oxygen atoms in total. The molecule has 1 fully saturated rings. The molecule has 0 amide bonds. The van der Waals surface area contributed by atoms with Crippen molar-refractivity contribution in [2.24, 2.45) is 0 Å². The molecule has 5 heteroatoms. The van der Waals surface area contributed by atoms with E-state index in [9.17, 15) is 0 Å². The Balaban J connectivity index is 1.53. The number of fused-ring (bicyclic) bond motifs is 4. The number of pyridine rings is 1. The van der Waals surface area contributed by atoms with Gasteiger partial charge in [0.15, 0.2) is 11.5 Å². The molecule has 0 radical (unpaired) electrons. The van der Waals surface area contributed by atoms with Gasteiger partial charge in [-0.15, -0.1) is 0 Å². The largest absolute Gasteiger partial charge is 0.493 e. The number of rotatable bonds is 7. The summed E-state index contributed by atoms with van der Waals surface area (Å²) in [6.45, 7) is 2.01. The predicted molar refractivity (Wildman–Crippen MR) is 99.6 cm³/mol. The van der Waals surface area contributed by atoms with E-state index in [0.717, 1.165) is 24.5 Å². The van der Waals surface area contributed by atoms with E-state index in [0.29, 0.717) is 25.3 Å². The Morgan fingerprint density at radius 3 is 2.88 bits per heavy atom. The lowest BCUT2D eigenvalue weighted by Gasteiger charge is -2.35. The van der Waals surface area contributed by atoms with Crippen molar-refractivity contribution in [2.45, 2.75) is 37.9 Å². The van der Waals surface area contributed by atoms with Gasteiger partial charge in [-0.2, -0.15) is 0 Å². The normalized spacial score (nSPS) is 21.5. The minimum atomic E-state index is 0.484. The molecule has 1 aromatic carbocycles. The van der Waals surface area contributed by atoms with Crippen molar-refractivity contribution in [1.82, 2.24) is 9.88 Å². The van der Waals surface area contributed by atoms with Gasteiger partial charge in [0, 0.05) is 44.0 Å². The summed E-state index contributed by atoms with van der Waals surface area (Å²) in [6.07, 6.45) is 5.44. The van der Waals surface area contributed by atoms with Crippen LogP contribution in [0.15, 0.2) is 36.5 Å². The first-order valence-electron chi connectivity index (χ1n) is 9.28. The number of benzene rings is 1. The van der Waals surface area contributed by atoms with Crippen LogP contribution in [0, 0.1) is 0 Å². The van der Waals surface area contributed by atoms with Crippen LogP contribution in [0.2, 0.25) is 0 Å². The standard InChI is InChI=1S/C21H26N2O3/c1-24-10-11-26-21-12-15(5-8-20(21)25-2)14-23-16-6-7-19(23)17-4-3-9-22-18(17)13-16/h3-5,8-9,12,16,19H,6-7,10-11,13-14H2,1-2H3/t16-,19-/m0/s1. The van der Waals surface area contributed by atoms with Crippen LogP contribution < -0.4 is 9.47 Å². The van der Waals surface area contributed by atoms with Gasteiger partial charge in [-0.05, 0) is 42.2 Å². The number of aromatic nitrogens is 1. The molecular weight excluding hydrogens is 328 g/mol. The summed E-state index contributed by atoms with van der Waals surface area (Å²) in [5, 5.41) is 0. The van der Waals surface area contributed by atoms with Crippen molar-refractivity contribution in [1.29, 1.82) is 0 Å². The van der Waals surface area contributed by atoms with E-state index in [-0.39, 0.29) is 0 Å². The summed E-state index contributed by atoms with van der Waals surface area (Å²) in [5.41, 5.74) is 3.95. The predicted octanol–water partition coefficient (Wildman–Crippen LogP) is 3.38. The highest BCUT2D eigenvalue weighted by atomic mass is 16.5.